The maximum Gasteiger partial charge on any atom is 0.191 e. The minimum absolute atomic E-state index is 0.291. The fraction of sp³-hybridized carbons (Fsp3) is 0.444. The topological polar surface area (TPSA) is 52.6 Å². The van der Waals surface area contributed by atoms with Crippen LogP contribution in [0.4, 0.5) is 9.52 Å². The third-order valence-electron chi connectivity index (χ3n) is 3.94. The molecular formula is C18H25ClFN5S. The van der Waals surface area contributed by atoms with Gasteiger partial charge in [-0.25, -0.2) is 9.37 Å². The number of nitrogens with one attached hydrogen (secondary N) is 2. The van der Waals surface area contributed by atoms with E-state index in [9.17, 15) is 4.39 Å². The highest BCUT2D eigenvalue weighted by molar-refractivity contribution is 7.13. The van der Waals surface area contributed by atoms with Crippen LogP contribution in [0.15, 0.2) is 28.6 Å². The molecule has 26 heavy (non-hydrogen) atoms. The maximum atomic E-state index is 13.3. The summed E-state index contributed by atoms with van der Waals surface area (Å²) in [6.07, 6.45) is 0. The predicted octanol–water partition coefficient (Wildman–Crippen LogP) is 3.64. The SMILES string of the molecule is CN=C(NCc1csc(N(C)C)n1)NCC(C)(C)c1ccc(F)cc1Cl. The molecule has 0 aliphatic rings. The molecular weight excluding hydrogens is 373 g/mol. The molecule has 0 aliphatic carbocycles. The Labute approximate surface area is 163 Å². The van der Waals surface area contributed by atoms with Crippen LogP contribution in [0.5, 0.6) is 0 Å². The number of aliphatic imine (C=N–C) groups is 1. The van der Waals surface area contributed by atoms with Gasteiger partial charge in [0.1, 0.15) is 5.82 Å². The summed E-state index contributed by atoms with van der Waals surface area (Å²) in [6, 6.07) is 4.50. The molecule has 0 atom stereocenters. The van der Waals surface area contributed by atoms with E-state index < -0.39 is 0 Å². The van der Waals surface area contributed by atoms with Crippen molar-refractivity contribution in [2.45, 2.75) is 25.8 Å². The highest BCUT2D eigenvalue weighted by atomic mass is 35.5. The van der Waals surface area contributed by atoms with Crippen molar-refractivity contribution < 1.29 is 4.39 Å². The van der Waals surface area contributed by atoms with Gasteiger partial charge >= 0.3 is 0 Å². The van der Waals surface area contributed by atoms with Gasteiger partial charge in [-0.1, -0.05) is 31.5 Å². The largest absolute Gasteiger partial charge is 0.356 e. The first-order chi connectivity index (χ1) is 12.2. The molecule has 2 N–H and O–H groups in total. The van der Waals surface area contributed by atoms with Crippen molar-refractivity contribution in [3.8, 4) is 0 Å². The quantitative estimate of drug-likeness (QED) is 0.577. The molecule has 5 nitrogen and oxygen atoms in total. The van der Waals surface area contributed by atoms with Crippen molar-refractivity contribution in [2.75, 3.05) is 32.6 Å². The number of hydrogen-bond donors (Lipinski definition) is 2. The minimum atomic E-state index is -0.333. The van der Waals surface area contributed by atoms with E-state index >= 15 is 0 Å². The van der Waals surface area contributed by atoms with E-state index in [4.69, 9.17) is 11.6 Å². The second-order valence-corrected chi connectivity index (χ2v) is 8.05. The van der Waals surface area contributed by atoms with Gasteiger partial charge < -0.3 is 15.5 Å². The van der Waals surface area contributed by atoms with Gasteiger partial charge in [-0.2, -0.15) is 0 Å². The molecule has 0 bridgehead atoms. The lowest BCUT2D eigenvalue weighted by molar-refractivity contribution is 0.507. The molecule has 0 saturated carbocycles. The second-order valence-electron chi connectivity index (χ2n) is 6.80. The molecule has 0 amide bonds. The average molecular weight is 398 g/mol. The zero-order chi connectivity index (χ0) is 19.3. The van der Waals surface area contributed by atoms with E-state index in [1.807, 2.05) is 24.4 Å². The summed E-state index contributed by atoms with van der Waals surface area (Å²) in [6.45, 7) is 5.28. The highest BCUT2D eigenvalue weighted by Gasteiger charge is 2.24. The number of hydrogen-bond acceptors (Lipinski definition) is 4. The van der Waals surface area contributed by atoms with Gasteiger partial charge in [0.2, 0.25) is 0 Å². The second kappa shape index (κ2) is 8.68. The van der Waals surface area contributed by atoms with Gasteiger partial charge in [-0.3, -0.25) is 4.99 Å². The number of guanidine groups is 1. The molecule has 0 fully saturated rings. The highest BCUT2D eigenvalue weighted by Crippen LogP contribution is 2.29. The van der Waals surface area contributed by atoms with Gasteiger partial charge in [0.05, 0.1) is 12.2 Å². The van der Waals surface area contributed by atoms with Crippen LogP contribution < -0.4 is 15.5 Å². The van der Waals surface area contributed by atoms with Crippen LogP contribution in [0.1, 0.15) is 25.1 Å². The fourth-order valence-electron chi connectivity index (χ4n) is 2.42. The van der Waals surface area contributed by atoms with Crippen molar-refractivity contribution in [1.82, 2.24) is 15.6 Å². The summed E-state index contributed by atoms with van der Waals surface area (Å²) in [5.74, 6) is 0.344. The number of halogens is 2. The van der Waals surface area contributed by atoms with Gasteiger partial charge in [0, 0.05) is 43.5 Å². The van der Waals surface area contributed by atoms with Crippen LogP contribution in [0.25, 0.3) is 0 Å². The normalized spacial score (nSPS) is 12.2. The van der Waals surface area contributed by atoms with E-state index in [2.05, 4.69) is 34.5 Å². The first-order valence-electron chi connectivity index (χ1n) is 8.24. The molecule has 1 aromatic carbocycles. The molecule has 1 aromatic heterocycles. The van der Waals surface area contributed by atoms with Crippen LogP contribution in [-0.4, -0.2) is 38.6 Å². The van der Waals surface area contributed by atoms with Gasteiger partial charge in [-0.15, -0.1) is 11.3 Å². The smallest absolute Gasteiger partial charge is 0.191 e. The van der Waals surface area contributed by atoms with Crippen molar-refractivity contribution in [1.29, 1.82) is 0 Å². The Bertz CT molecular complexity index is 773. The molecule has 8 heteroatoms. The fourth-order valence-corrected chi connectivity index (χ4v) is 3.60. The maximum absolute atomic E-state index is 13.3. The van der Waals surface area contributed by atoms with E-state index in [0.29, 0.717) is 24.1 Å². The lowest BCUT2D eigenvalue weighted by atomic mass is 9.84. The van der Waals surface area contributed by atoms with Crippen LogP contribution in [0.2, 0.25) is 5.02 Å². The molecule has 0 aliphatic heterocycles. The van der Waals surface area contributed by atoms with E-state index in [-0.39, 0.29) is 11.2 Å². The average Bonchev–Trinajstić information content (AvgIpc) is 3.04. The molecule has 0 unspecified atom stereocenters. The standard InChI is InChI=1S/C18H25ClFN5S/c1-18(2,14-7-6-12(20)8-15(14)19)11-23-16(21-3)22-9-13-10-26-17(24-13)25(4)5/h6-8,10H,9,11H2,1-5H3,(H2,21,22,23). The van der Waals surface area contributed by atoms with Crippen LogP contribution in [-0.2, 0) is 12.0 Å². The Morgan fingerprint density at radius 2 is 2.08 bits per heavy atom. The lowest BCUT2D eigenvalue weighted by Gasteiger charge is -2.27. The Morgan fingerprint density at radius 3 is 2.65 bits per heavy atom. The molecule has 2 aromatic rings. The molecule has 1 heterocycles. The zero-order valence-corrected chi connectivity index (χ0v) is 17.3. The third kappa shape index (κ3) is 5.32. The van der Waals surface area contributed by atoms with Crippen molar-refractivity contribution in [3.63, 3.8) is 0 Å². The van der Waals surface area contributed by atoms with Crippen molar-refractivity contribution in [2.24, 2.45) is 4.99 Å². The summed E-state index contributed by atoms with van der Waals surface area (Å²) < 4.78 is 13.3. The number of rotatable bonds is 6. The number of nitrogens with zero attached hydrogens (tertiary/aromatic N) is 3. The Balaban J connectivity index is 1.94. The zero-order valence-electron chi connectivity index (χ0n) is 15.7. The van der Waals surface area contributed by atoms with Crippen molar-refractivity contribution in [3.05, 3.63) is 45.7 Å². The first kappa shape index (κ1) is 20.5. The Morgan fingerprint density at radius 1 is 1.35 bits per heavy atom. The summed E-state index contributed by atoms with van der Waals surface area (Å²) >= 11 is 7.81. The van der Waals surface area contributed by atoms with E-state index in [0.717, 1.165) is 16.4 Å². The third-order valence-corrected chi connectivity index (χ3v) is 5.31. The molecule has 0 saturated heterocycles. The van der Waals surface area contributed by atoms with Crippen molar-refractivity contribution >= 4 is 34.0 Å². The Kier molecular flexibility index (Phi) is 6.83. The molecule has 0 radical (unpaired) electrons. The summed E-state index contributed by atoms with van der Waals surface area (Å²) in [4.78, 5) is 10.8. The predicted molar refractivity (Wildman–Crippen MR) is 109 cm³/mol. The van der Waals surface area contributed by atoms with Gasteiger partial charge in [0.15, 0.2) is 11.1 Å². The monoisotopic (exact) mass is 397 g/mol. The van der Waals surface area contributed by atoms with Gasteiger partial charge in [0.25, 0.3) is 0 Å². The first-order valence-corrected chi connectivity index (χ1v) is 9.50. The number of thiazole rings is 1. The number of anilines is 1. The molecule has 2 rings (SSSR count). The van der Waals surface area contributed by atoms with Crippen LogP contribution in [0, 0.1) is 5.82 Å². The Hall–Kier alpha value is -1.86. The number of benzene rings is 1. The summed E-state index contributed by atoms with van der Waals surface area (Å²) in [7, 11) is 5.66. The van der Waals surface area contributed by atoms with Gasteiger partial charge in [-0.05, 0) is 17.7 Å². The number of aromatic nitrogens is 1. The van der Waals surface area contributed by atoms with E-state index in [1.54, 1.807) is 24.5 Å². The van der Waals surface area contributed by atoms with E-state index in [1.165, 1.54) is 12.1 Å². The minimum Gasteiger partial charge on any atom is -0.356 e. The molecule has 142 valence electrons. The van der Waals surface area contributed by atoms with Crippen LogP contribution in [0.3, 0.4) is 0 Å². The lowest BCUT2D eigenvalue weighted by Crippen LogP contribution is -2.43. The van der Waals surface area contributed by atoms with Crippen LogP contribution >= 0.6 is 22.9 Å². The molecule has 0 spiro atoms. The summed E-state index contributed by atoms with van der Waals surface area (Å²) in [5.41, 5.74) is 1.56. The summed E-state index contributed by atoms with van der Waals surface area (Å²) in [5, 5.41) is 9.98.